The van der Waals surface area contributed by atoms with Crippen LogP contribution in [0.4, 0.5) is 0 Å². The monoisotopic (exact) mass is 557 g/mol. The van der Waals surface area contributed by atoms with Crippen molar-refractivity contribution in [1.29, 1.82) is 0 Å². The normalized spacial score (nSPS) is 14.2. The molecule has 0 spiro atoms. The summed E-state index contributed by atoms with van der Waals surface area (Å²) in [5.74, 6) is -3.35. The molecule has 8 N–H and O–H groups in total. The van der Waals surface area contributed by atoms with Crippen LogP contribution < -0.4 is 27.4 Å². The number of unbranched alkanes of at least 4 members (excludes halogenated alkanes) is 6. The molecule has 0 aromatic heterocycles. The second-order valence-electron chi connectivity index (χ2n) is 10.5. The Labute approximate surface area is 232 Å². The maximum absolute atomic E-state index is 13.0. The molecule has 0 radical (unpaired) electrons. The Balaban J connectivity index is 5.10. The van der Waals surface area contributed by atoms with E-state index in [-0.39, 0.29) is 25.2 Å². The number of carbonyl (C=O) groups is 5. The highest BCUT2D eigenvalue weighted by Gasteiger charge is 2.29. The fourth-order valence-electron chi connectivity index (χ4n) is 4.05. The number of methoxy groups -OCH3 is 1. The average molecular weight is 558 g/mol. The van der Waals surface area contributed by atoms with Gasteiger partial charge in [-0.25, -0.2) is 0 Å². The summed E-state index contributed by atoms with van der Waals surface area (Å²) in [5.41, 5.74) is 10.5. The van der Waals surface area contributed by atoms with Crippen molar-refractivity contribution in [3.05, 3.63) is 0 Å². The van der Waals surface area contributed by atoms with Gasteiger partial charge in [-0.1, -0.05) is 65.7 Å². The maximum atomic E-state index is 13.0. The summed E-state index contributed by atoms with van der Waals surface area (Å²) in [6.45, 7) is 6.06. The molecular weight excluding hydrogens is 506 g/mol. The molecule has 0 aliphatic heterocycles. The van der Waals surface area contributed by atoms with Gasteiger partial charge in [0.15, 0.2) is 0 Å². The number of nitrogens with one attached hydrogen (secondary N) is 3. The van der Waals surface area contributed by atoms with Gasteiger partial charge >= 0.3 is 0 Å². The van der Waals surface area contributed by atoms with Crippen molar-refractivity contribution in [2.24, 2.45) is 17.4 Å². The fourth-order valence-corrected chi connectivity index (χ4v) is 4.05. The van der Waals surface area contributed by atoms with Crippen molar-refractivity contribution >= 4 is 29.5 Å². The van der Waals surface area contributed by atoms with E-state index in [1.165, 1.54) is 26.4 Å². The lowest BCUT2D eigenvalue weighted by atomic mass is 10.0. The summed E-state index contributed by atoms with van der Waals surface area (Å²) in [4.78, 5) is 61.3. The number of ether oxygens (including phenoxy) is 1. The SMILES string of the molecule is CCCCCCCCC[C@@H](O)CC(=O)N[C@@H](CC(N)=O)C(=O)N[C@@H](CCC(N)=O)C(=O)NC(CC(C)C)OC. The first-order chi connectivity index (χ1) is 18.4. The fraction of sp³-hybridized carbons (Fsp3) is 0.815. The van der Waals surface area contributed by atoms with Crippen molar-refractivity contribution in [1.82, 2.24) is 16.0 Å². The van der Waals surface area contributed by atoms with Crippen LogP contribution in [-0.2, 0) is 28.7 Å². The molecule has 0 saturated carbocycles. The minimum absolute atomic E-state index is 0.0978. The molecule has 0 fully saturated rings. The molecule has 0 aromatic carbocycles. The molecule has 0 aliphatic rings. The number of nitrogens with two attached hydrogens (primary N) is 2. The predicted molar refractivity (Wildman–Crippen MR) is 148 cm³/mol. The predicted octanol–water partition coefficient (Wildman–Crippen LogP) is 1.12. The smallest absolute Gasteiger partial charge is 0.244 e. The highest BCUT2D eigenvalue weighted by molar-refractivity contribution is 5.94. The third-order valence-electron chi connectivity index (χ3n) is 6.20. The molecule has 0 rings (SSSR count). The molecule has 39 heavy (non-hydrogen) atoms. The molecular formula is C27H51N5O7. The number of amides is 5. The Morgan fingerprint density at radius 3 is 1.90 bits per heavy atom. The van der Waals surface area contributed by atoms with Gasteiger partial charge in [-0.2, -0.15) is 0 Å². The van der Waals surface area contributed by atoms with Gasteiger partial charge in [0, 0.05) is 13.5 Å². The molecule has 4 atom stereocenters. The molecule has 1 unspecified atom stereocenters. The lowest BCUT2D eigenvalue weighted by Crippen LogP contribution is -2.56. The van der Waals surface area contributed by atoms with Gasteiger partial charge in [-0.3, -0.25) is 24.0 Å². The van der Waals surface area contributed by atoms with Crippen molar-refractivity contribution in [2.75, 3.05) is 7.11 Å². The largest absolute Gasteiger partial charge is 0.393 e. The Hall–Kier alpha value is -2.73. The molecule has 12 heteroatoms. The van der Waals surface area contributed by atoms with E-state index in [9.17, 15) is 29.1 Å². The minimum Gasteiger partial charge on any atom is -0.393 e. The highest BCUT2D eigenvalue weighted by atomic mass is 16.5. The second kappa shape index (κ2) is 21.1. The first kappa shape index (κ1) is 36.3. The highest BCUT2D eigenvalue weighted by Crippen LogP contribution is 2.12. The van der Waals surface area contributed by atoms with Crippen LogP contribution in [0, 0.1) is 5.92 Å². The third-order valence-corrected chi connectivity index (χ3v) is 6.20. The quantitative estimate of drug-likeness (QED) is 0.0797. The van der Waals surface area contributed by atoms with Gasteiger partial charge in [0.1, 0.15) is 18.3 Å². The van der Waals surface area contributed by atoms with Crippen LogP contribution in [0.2, 0.25) is 0 Å². The summed E-state index contributed by atoms with van der Waals surface area (Å²) >= 11 is 0. The lowest BCUT2D eigenvalue weighted by Gasteiger charge is -2.25. The van der Waals surface area contributed by atoms with Gasteiger partial charge in [0.2, 0.25) is 29.5 Å². The van der Waals surface area contributed by atoms with Crippen molar-refractivity contribution in [2.45, 2.75) is 129 Å². The number of carbonyl (C=O) groups excluding carboxylic acids is 5. The zero-order valence-electron chi connectivity index (χ0n) is 24.1. The summed E-state index contributed by atoms with van der Waals surface area (Å²) in [5, 5.41) is 17.8. The Morgan fingerprint density at radius 1 is 0.769 bits per heavy atom. The van der Waals surface area contributed by atoms with Crippen molar-refractivity contribution in [3.8, 4) is 0 Å². The van der Waals surface area contributed by atoms with Crippen LogP contribution in [0.25, 0.3) is 0 Å². The van der Waals surface area contributed by atoms with E-state index in [0.29, 0.717) is 12.8 Å². The number of hydrogen-bond acceptors (Lipinski definition) is 7. The van der Waals surface area contributed by atoms with E-state index < -0.39 is 60.4 Å². The van der Waals surface area contributed by atoms with E-state index in [1.54, 1.807) is 0 Å². The summed E-state index contributed by atoms with van der Waals surface area (Å²) < 4.78 is 5.28. The standard InChI is InChI=1S/C27H51N5O7/c1-5-6-7-8-9-10-11-12-19(33)16-24(36)30-21(17-23(29)35)27(38)31-20(13-14-22(28)34)26(37)32-25(39-4)15-18(2)3/h18-21,25,33H,5-17H2,1-4H3,(H2,28,34)(H2,29,35)(H,30,36)(H,31,38)(H,32,37)/t19-,20+,21+,25?/m1/s1. The van der Waals surface area contributed by atoms with E-state index in [0.717, 1.165) is 25.7 Å². The second-order valence-corrected chi connectivity index (χ2v) is 10.5. The van der Waals surface area contributed by atoms with Crippen LogP contribution in [-0.4, -0.2) is 66.2 Å². The topological polar surface area (TPSA) is 203 Å². The van der Waals surface area contributed by atoms with Crippen LogP contribution in [0.1, 0.15) is 104 Å². The number of aliphatic hydroxyl groups excluding tert-OH is 1. The lowest BCUT2D eigenvalue weighted by molar-refractivity contribution is -0.135. The summed E-state index contributed by atoms with van der Waals surface area (Å²) in [6.07, 6.45) is 5.97. The van der Waals surface area contributed by atoms with Gasteiger partial charge in [0.25, 0.3) is 0 Å². The van der Waals surface area contributed by atoms with E-state index in [2.05, 4.69) is 22.9 Å². The molecule has 0 aromatic rings. The zero-order valence-corrected chi connectivity index (χ0v) is 24.1. The van der Waals surface area contributed by atoms with Crippen molar-refractivity contribution in [3.63, 3.8) is 0 Å². The molecule has 12 nitrogen and oxygen atoms in total. The molecule has 0 heterocycles. The number of primary amides is 2. The Morgan fingerprint density at radius 2 is 1.36 bits per heavy atom. The Kier molecular flexibility index (Phi) is 19.7. The zero-order chi connectivity index (χ0) is 29.8. The van der Waals surface area contributed by atoms with Crippen LogP contribution in [0.15, 0.2) is 0 Å². The summed E-state index contributed by atoms with van der Waals surface area (Å²) in [6, 6.07) is -2.54. The molecule has 0 aliphatic carbocycles. The van der Waals surface area contributed by atoms with Crippen LogP contribution in [0.5, 0.6) is 0 Å². The number of aliphatic hydroxyl groups is 1. The molecule has 5 amide bonds. The van der Waals surface area contributed by atoms with Gasteiger partial charge in [-0.15, -0.1) is 0 Å². The summed E-state index contributed by atoms with van der Waals surface area (Å²) in [7, 11) is 1.44. The van der Waals surface area contributed by atoms with Crippen LogP contribution in [0.3, 0.4) is 0 Å². The van der Waals surface area contributed by atoms with E-state index >= 15 is 0 Å². The molecule has 0 bridgehead atoms. The van der Waals surface area contributed by atoms with E-state index in [4.69, 9.17) is 16.2 Å². The first-order valence-electron chi connectivity index (χ1n) is 14.1. The van der Waals surface area contributed by atoms with Gasteiger partial charge in [-0.05, 0) is 25.2 Å². The van der Waals surface area contributed by atoms with Gasteiger partial charge < -0.3 is 37.3 Å². The van der Waals surface area contributed by atoms with Crippen molar-refractivity contribution < 1.29 is 33.8 Å². The molecule has 226 valence electrons. The third kappa shape index (κ3) is 19.0. The Bertz CT molecular complexity index is 763. The maximum Gasteiger partial charge on any atom is 0.244 e. The first-order valence-corrected chi connectivity index (χ1v) is 14.1. The van der Waals surface area contributed by atoms with Crippen LogP contribution >= 0.6 is 0 Å². The van der Waals surface area contributed by atoms with Gasteiger partial charge in [0.05, 0.1) is 18.9 Å². The minimum atomic E-state index is -1.36. The average Bonchev–Trinajstić information content (AvgIpc) is 2.84. The number of hydrogen-bond donors (Lipinski definition) is 6. The molecule has 0 saturated heterocycles. The number of rotatable bonds is 23. The van der Waals surface area contributed by atoms with E-state index in [1.807, 2.05) is 13.8 Å².